The first kappa shape index (κ1) is 15.1. The average molecular weight is 306 g/mol. The summed E-state index contributed by atoms with van der Waals surface area (Å²) in [5.41, 5.74) is 2.14. The maximum Gasteiger partial charge on any atom is 0.0485 e. The summed E-state index contributed by atoms with van der Waals surface area (Å²) in [5.74, 6) is 2.08. The summed E-state index contributed by atoms with van der Waals surface area (Å²) < 4.78 is 23.9. The minimum atomic E-state index is -0.943. The molecule has 106 valence electrons. The standard InChI is InChI=1S/C16H18O2S2/c17-19(13-15-7-3-1-4-8-15)11-12-20(18)14-16-9-5-2-6-10-16/h1-10H,11-14H2. The number of benzene rings is 2. The first-order valence-corrected chi connectivity index (χ1v) is 9.49. The van der Waals surface area contributed by atoms with Crippen molar-refractivity contribution in [2.45, 2.75) is 11.5 Å². The van der Waals surface area contributed by atoms with E-state index in [1.807, 2.05) is 60.7 Å². The first-order chi connectivity index (χ1) is 9.74. The summed E-state index contributed by atoms with van der Waals surface area (Å²) >= 11 is 0. The van der Waals surface area contributed by atoms with E-state index in [9.17, 15) is 8.42 Å². The Morgan fingerprint density at radius 2 is 0.950 bits per heavy atom. The Kier molecular flexibility index (Phi) is 6.15. The molecule has 0 heterocycles. The van der Waals surface area contributed by atoms with Gasteiger partial charge in [-0.2, -0.15) is 0 Å². The zero-order chi connectivity index (χ0) is 14.2. The van der Waals surface area contributed by atoms with Crippen LogP contribution in [0.5, 0.6) is 0 Å². The fraction of sp³-hybridized carbons (Fsp3) is 0.250. The molecule has 0 aliphatic heterocycles. The zero-order valence-electron chi connectivity index (χ0n) is 11.2. The van der Waals surface area contributed by atoms with Gasteiger partial charge in [-0.15, -0.1) is 0 Å². The molecule has 2 atom stereocenters. The highest BCUT2D eigenvalue weighted by atomic mass is 32.2. The van der Waals surface area contributed by atoms with E-state index in [0.717, 1.165) is 11.1 Å². The zero-order valence-corrected chi connectivity index (χ0v) is 12.9. The first-order valence-electron chi connectivity index (χ1n) is 6.52. The lowest BCUT2D eigenvalue weighted by molar-refractivity contribution is 0.677. The van der Waals surface area contributed by atoms with Crippen LogP contribution in [0, 0.1) is 0 Å². The molecule has 20 heavy (non-hydrogen) atoms. The maximum atomic E-state index is 11.9. The molecule has 2 aromatic rings. The lowest BCUT2D eigenvalue weighted by atomic mass is 10.2. The van der Waals surface area contributed by atoms with Crippen molar-refractivity contribution in [3.8, 4) is 0 Å². The average Bonchev–Trinajstić information content (AvgIpc) is 2.47. The van der Waals surface area contributed by atoms with Crippen LogP contribution in [0.3, 0.4) is 0 Å². The third-order valence-electron chi connectivity index (χ3n) is 2.88. The fourth-order valence-corrected chi connectivity index (χ4v) is 4.75. The van der Waals surface area contributed by atoms with Crippen molar-refractivity contribution < 1.29 is 8.42 Å². The van der Waals surface area contributed by atoms with Crippen LogP contribution in [0.25, 0.3) is 0 Å². The van der Waals surface area contributed by atoms with Crippen LogP contribution in [-0.2, 0) is 33.1 Å². The Bertz CT molecular complexity index is 514. The highest BCUT2D eigenvalue weighted by molar-refractivity contribution is 7.88. The quantitative estimate of drug-likeness (QED) is 0.788. The van der Waals surface area contributed by atoms with Gasteiger partial charge in [-0.05, 0) is 11.1 Å². The van der Waals surface area contributed by atoms with Crippen LogP contribution in [0.1, 0.15) is 11.1 Å². The number of hydrogen-bond acceptors (Lipinski definition) is 2. The Hall–Kier alpha value is -1.26. The lowest BCUT2D eigenvalue weighted by Crippen LogP contribution is -2.11. The Morgan fingerprint density at radius 3 is 1.30 bits per heavy atom. The molecule has 0 aliphatic carbocycles. The molecule has 0 radical (unpaired) electrons. The molecule has 0 spiro atoms. The Balaban J connectivity index is 1.75. The lowest BCUT2D eigenvalue weighted by Gasteiger charge is -2.04. The van der Waals surface area contributed by atoms with E-state index in [4.69, 9.17) is 0 Å². The monoisotopic (exact) mass is 306 g/mol. The number of rotatable bonds is 7. The van der Waals surface area contributed by atoms with Crippen LogP contribution >= 0.6 is 0 Å². The summed E-state index contributed by atoms with van der Waals surface area (Å²) in [6, 6.07) is 19.6. The SMILES string of the molecule is O=S(CCS(=O)Cc1ccccc1)Cc1ccccc1. The van der Waals surface area contributed by atoms with Crippen LogP contribution in [0.2, 0.25) is 0 Å². The maximum absolute atomic E-state index is 11.9. The third-order valence-corrected chi connectivity index (χ3v) is 5.77. The van der Waals surface area contributed by atoms with Crippen molar-refractivity contribution in [3.05, 3.63) is 71.8 Å². The molecule has 0 saturated heterocycles. The van der Waals surface area contributed by atoms with Gasteiger partial charge in [0.05, 0.1) is 0 Å². The summed E-state index contributed by atoms with van der Waals surface area (Å²) in [4.78, 5) is 0. The molecule has 0 amide bonds. The smallest absolute Gasteiger partial charge is 0.0485 e. The normalized spacial score (nSPS) is 13.8. The van der Waals surface area contributed by atoms with E-state index < -0.39 is 21.6 Å². The topological polar surface area (TPSA) is 34.1 Å². The van der Waals surface area contributed by atoms with Gasteiger partial charge >= 0.3 is 0 Å². The van der Waals surface area contributed by atoms with Crippen LogP contribution in [0.15, 0.2) is 60.7 Å². The highest BCUT2D eigenvalue weighted by Crippen LogP contribution is 2.06. The molecule has 0 aliphatic rings. The largest absolute Gasteiger partial charge is 0.259 e. The van der Waals surface area contributed by atoms with Crippen LogP contribution < -0.4 is 0 Å². The Morgan fingerprint density at radius 1 is 0.600 bits per heavy atom. The van der Waals surface area contributed by atoms with Crippen molar-refractivity contribution in [1.82, 2.24) is 0 Å². The van der Waals surface area contributed by atoms with Gasteiger partial charge in [0, 0.05) is 44.6 Å². The third kappa shape index (κ3) is 5.39. The molecule has 2 aromatic carbocycles. The van der Waals surface area contributed by atoms with Gasteiger partial charge in [0.15, 0.2) is 0 Å². The summed E-state index contributed by atoms with van der Waals surface area (Å²) in [7, 11) is -1.89. The Labute approximate surface area is 125 Å². The van der Waals surface area contributed by atoms with Gasteiger partial charge in [-0.25, -0.2) is 0 Å². The molecule has 0 aromatic heterocycles. The van der Waals surface area contributed by atoms with E-state index in [-0.39, 0.29) is 0 Å². The molecule has 2 rings (SSSR count). The molecular formula is C16H18O2S2. The van der Waals surface area contributed by atoms with Gasteiger partial charge in [-0.3, -0.25) is 8.42 Å². The molecule has 4 heteroatoms. The minimum absolute atomic E-state index is 0.494. The van der Waals surface area contributed by atoms with E-state index in [1.54, 1.807) is 0 Å². The molecule has 0 bridgehead atoms. The molecule has 0 saturated carbocycles. The van der Waals surface area contributed by atoms with Crippen molar-refractivity contribution in [2.75, 3.05) is 11.5 Å². The van der Waals surface area contributed by atoms with Crippen LogP contribution in [0.4, 0.5) is 0 Å². The predicted molar refractivity (Wildman–Crippen MR) is 86.3 cm³/mol. The highest BCUT2D eigenvalue weighted by Gasteiger charge is 2.06. The second-order valence-electron chi connectivity index (χ2n) is 4.55. The minimum Gasteiger partial charge on any atom is -0.259 e. The molecule has 0 fully saturated rings. The second kappa shape index (κ2) is 8.12. The van der Waals surface area contributed by atoms with E-state index in [2.05, 4.69) is 0 Å². The molecule has 0 N–H and O–H groups in total. The summed E-state index contributed by atoms with van der Waals surface area (Å²) in [6.07, 6.45) is 0. The van der Waals surface area contributed by atoms with E-state index >= 15 is 0 Å². The fourth-order valence-electron chi connectivity index (χ4n) is 1.85. The van der Waals surface area contributed by atoms with Gasteiger partial charge in [0.2, 0.25) is 0 Å². The van der Waals surface area contributed by atoms with Crippen LogP contribution in [-0.4, -0.2) is 19.9 Å². The molecule has 2 nitrogen and oxygen atoms in total. The van der Waals surface area contributed by atoms with Crippen molar-refractivity contribution >= 4 is 21.6 Å². The van der Waals surface area contributed by atoms with Crippen molar-refractivity contribution in [2.24, 2.45) is 0 Å². The number of hydrogen-bond donors (Lipinski definition) is 0. The summed E-state index contributed by atoms with van der Waals surface area (Å²) in [5, 5.41) is 0. The van der Waals surface area contributed by atoms with Crippen molar-refractivity contribution in [3.63, 3.8) is 0 Å². The van der Waals surface area contributed by atoms with Gasteiger partial charge in [0.1, 0.15) is 0 Å². The predicted octanol–water partition coefficient (Wildman–Crippen LogP) is 2.88. The van der Waals surface area contributed by atoms with E-state index in [1.165, 1.54) is 0 Å². The van der Waals surface area contributed by atoms with Gasteiger partial charge < -0.3 is 0 Å². The van der Waals surface area contributed by atoms with Gasteiger partial charge in [0.25, 0.3) is 0 Å². The second-order valence-corrected chi connectivity index (χ2v) is 7.70. The van der Waals surface area contributed by atoms with Crippen molar-refractivity contribution in [1.29, 1.82) is 0 Å². The van der Waals surface area contributed by atoms with Gasteiger partial charge in [-0.1, -0.05) is 60.7 Å². The molecular weight excluding hydrogens is 288 g/mol. The summed E-state index contributed by atoms with van der Waals surface area (Å²) in [6.45, 7) is 0. The van der Waals surface area contributed by atoms with E-state index in [0.29, 0.717) is 23.0 Å². The molecule has 2 unspecified atom stereocenters.